The van der Waals surface area contributed by atoms with E-state index in [0.29, 0.717) is 6.54 Å². The Labute approximate surface area is 170 Å². The third-order valence-electron chi connectivity index (χ3n) is 5.06. The zero-order chi connectivity index (χ0) is 20.5. The molecule has 0 aliphatic heterocycles. The number of hydrogen-bond acceptors (Lipinski definition) is 3. The number of unbranched alkanes of at least 4 members (excludes halogenated alkanes) is 13. The molecule has 1 rings (SSSR count). The van der Waals surface area contributed by atoms with Crippen LogP contribution in [-0.2, 0) is 0 Å². The molecule has 0 saturated carbocycles. The first-order chi connectivity index (χ1) is 13.6. The highest BCUT2D eigenvalue weighted by molar-refractivity contribution is 5.94. The highest BCUT2D eigenvalue weighted by Gasteiger charge is 2.11. The van der Waals surface area contributed by atoms with Gasteiger partial charge in [0.2, 0.25) is 0 Å². The third kappa shape index (κ3) is 11.7. The second-order valence-corrected chi connectivity index (χ2v) is 7.57. The Bertz CT molecular complexity index is 561. The molecule has 157 valence electrons. The molecular weight excluding hydrogens is 352 g/mol. The van der Waals surface area contributed by atoms with Crippen LogP contribution in [-0.4, -0.2) is 17.4 Å². The number of nitrogens with one attached hydrogen (secondary N) is 1. The van der Waals surface area contributed by atoms with Gasteiger partial charge < -0.3 is 5.32 Å². The van der Waals surface area contributed by atoms with Gasteiger partial charge in [0.1, 0.15) is 0 Å². The van der Waals surface area contributed by atoms with Crippen molar-refractivity contribution in [2.75, 3.05) is 6.54 Å². The van der Waals surface area contributed by atoms with Gasteiger partial charge in [-0.25, -0.2) is 0 Å². The topological polar surface area (TPSA) is 72.2 Å². The highest BCUT2D eigenvalue weighted by Crippen LogP contribution is 2.14. The van der Waals surface area contributed by atoms with E-state index in [0.717, 1.165) is 12.8 Å². The van der Waals surface area contributed by atoms with E-state index < -0.39 is 4.92 Å². The normalized spacial score (nSPS) is 10.8. The quantitative estimate of drug-likeness (QED) is 0.185. The molecule has 1 aromatic rings. The fourth-order valence-electron chi connectivity index (χ4n) is 3.32. The van der Waals surface area contributed by atoms with Crippen LogP contribution in [0, 0.1) is 16.2 Å². The molecule has 0 aliphatic rings. The number of carbonyl (C=O) groups excluding carboxylic acids is 1. The Morgan fingerprint density at radius 1 is 0.929 bits per heavy atom. The molecule has 0 atom stereocenters. The first-order valence-corrected chi connectivity index (χ1v) is 11.1. The van der Waals surface area contributed by atoms with Crippen molar-refractivity contribution in [1.82, 2.24) is 5.32 Å². The van der Waals surface area contributed by atoms with Gasteiger partial charge in [0.15, 0.2) is 0 Å². The lowest BCUT2D eigenvalue weighted by Gasteiger charge is -2.05. The smallest absolute Gasteiger partial charge is 0.270 e. The maximum atomic E-state index is 12.0. The number of nitro groups is 1. The molecule has 1 amide bonds. The Morgan fingerprint density at radius 2 is 1.43 bits per heavy atom. The highest BCUT2D eigenvalue weighted by atomic mass is 16.6. The predicted octanol–water partition coefficient (Wildman–Crippen LogP) is 6.61. The number of non-ortho nitro benzene ring substituents is 1. The number of rotatable bonds is 17. The van der Waals surface area contributed by atoms with E-state index in [9.17, 15) is 14.9 Å². The van der Waals surface area contributed by atoms with Gasteiger partial charge >= 0.3 is 0 Å². The van der Waals surface area contributed by atoms with Crippen molar-refractivity contribution in [2.45, 2.75) is 96.8 Å². The molecule has 1 N–H and O–H groups in total. The number of nitrogens with zero attached hydrogens (tertiary/aromatic N) is 1. The minimum atomic E-state index is -0.502. The van der Waals surface area contributed by atoms with Gasteiger partial charge in [0, 0.05) is 18.7 Å². The Morgan fingerprint density at radius 3 is 1.93 bits per heavy atom. The monoisotopic (exact) mass is 389 g/mol. The summed E-state index contributed by atoms with van der Waals surface area (Å²) in [5.41, 5.74) is 0.139. The van der Waals surface area contributed by atoms with Gasteiger partial charge in [-0.1, -0.05) is 90.4 Å². The van der Waals surface area contributed by atoms with Crippen LogP contribution in [0.15, 0.2) is 18.2 Å². The lowest BCUT2D eigenvalue weighted by atomic mass is 10.0. The SMILES string of the molecule is CCCCCCCCCCCCCCCCNC(=O)c1[c]ccc([N+](=O)[O-])c1. The molecule has 0 unspecified atom stereocenters. The van der Waals surface area contributed by atoms with Crippen molar-refractivity contribution >= 4 is 11.6 Å². The van der Waals surface area contributed by atoms with E-state index in [2.05, 4.69) is 18.3 Å². The number of hydrogen-bond donors (Lipinski definition) is 1. The van der Waals surface area contributed by atoms with Crippen molar-refractivity contribution in [2.24, 2.45) is 0 Å². The van der Waals surface area contributed by atoms with Crippen molar-refractivity contribution in [3.05, 3.63) is 39.9 Å². The van der Waals surface area contributed by atoms with Gasteiger partial charge in [-0.05, 0) is 18.6 Å². The Hall–Kier alpha value is -1.91. The summed E-state index contributed by atoms with van der Waals surface area (Å²) in [7, 11) is 0. The fourth-order valence-corrected chi connectivity index (χ4v) is 3.32. The lowest BCUT2D eigenvalue weighted by Crippen LogP contribution is -2.24. The molecule has 0 aromatic heterocycles. The van der Waals surface area contributed by atoms with Crippen molar-refractivity contribution in [3.63, 3.8) is 0 Å². The molecule has 0 aliphatic carbocycles. The molecule has 5 nitrogen and oxygen atoms in total. The maximum absolute atomic E-state index is 12.0. The van der Waals surface area contributed by atoms with E-state index in [1.165, 1.54) is 95.2 Å². The van der Waals surface area contributed by atoms with Crippen molar-refractivity contribution in [3.8, 4) is 0 Å². The number of benzene rings is 1. The summed E-state index contributed by atoms with van der Waals surface area (Å²) >= 11 is 0. The summed E-state index contributed by atoms with van der Waals surface area (Å²) in [6.07, 6.45) is 18.2. The Balaban J connectivity index is 1.92. The number of carbonyl (C=O) groups is 1. The summed E-state index contributed by atoms with van der Waals surface area (Å²) in [5, 5.41) is 13.6. The van der Waals surface area contributed by atoms with E-state index in [-0.39, 0.29) is 17.2 Å². The average molecular weight is 390 g/mol. The summed E-state index contributed by atoms with van der Waals surface area (Å²) in [6, 6.07) is 6.77. The molecule has 0 bridgehead atoms. The zero-order valence-corrected chi connectivity index (χ0v) is 17.5. The second-order valence-electron chi connectivity index (χ2n) is 7.57. The second kappa shape index (κ2) is 16.1. The predicted molar refractivity (Wildman–Crippen MR) is 115 cm³/mol. The van der Waals surface area contributed by atoms with Gasteiger partial charge in [0.05, 0.1) is 10.5 Å². The van der Waals surface area contributed by atoms with Gasteiger partial charge in [-0.3, -0.25) is 14.9 Å². The van der Waals surface area contributed by atoms with E-state index in [4.69, 9.17) is 0 Å². The number of amides is 1. The van der Waals surface area contributed by atoms with Crippen LogP contribution >= 0.6 is 0 Å². The van der Waals surface area contributed by atoms with E-state index in [1.807, 2.05) is 0 Å². The van der Waals surface area contributed by atoms with Crippen LogP contribution in [0.3, 0.4) is 0 Å². The molecule has 0 saturated heterocycles. The maximum Gasteiger partial charge on any atom is 0.270 e. The van der Waals surface area contributed by atoms with Crippen molar-refractivity contribution in [1.29, 1.82) is 0 Å². The molecule has 0 fully saturated rings. The molecule has 28 heavy (non-hydrogen) atoms. The molecule has 1 aromatic carbocycles. The lowest BCUT2D eigenvalue weighted by molar-refractivity contribution is -0.384. The first kappa shape index (κ1) is 24.1. The molecular formula is C23H37N2O3. The van der Waals surface area contributed by atoms with E-state index in [1.54, 1.807) is 0 Å². The van der Waals surface area contributed by atoms with Crippen LogP contribution in [0.2, 0.25) is 0 Å². The van der Waals surface area contributed by atoms with Crippen LogP contribution in [0.4, 0.5) is 5.69 Å². The largest absolute Gasteiger partial charge is 0.352 e. The minimum Gasteiger partial charge on any atom is -0.352 e. The average Bonchev–Trinajstić information content (AvgIpc) is 2.70. The summed E-state index contributed by atoms with van der Waals surface area (Å²) in [4.78, 5) is 22.2. The summed E-state index contributed by atoms with van der Waals surface area (Å²) < 4.78 is 0. The van der Waals surface area contributed by atoms with Crippen LogP contribution in [0.5, 0.6) is 0 Å². The van der Waals surface area contributed by atoms with Crippen LogP contribution in [0.1, 0.15) is 107 Å². The van der Waals surface area contributed by atoms with Gasteiger partial charge in [-0.15, -0.1) is 0 Å². The van der Waals surface area contributed by atoms with Gasteiger partial charge in [0.25, 0.3) is 11.6 Å². The standard InChI is InChI=1S/C23H37N2O3/c1-2-3-4-5-6-7-8-9-10-11-12-13-14-15-19-24-23(26)21-17-16-18-22(20-21)25(27)28/h16,18,20H,2-15,19H2,1H3,(H,24,26). The summed E-state index contributed by atoms with van der Waals surface area (Å²) in [6.45, 7) is 2.86. The van der Waals surface area contributed by atoms with Crippen LogP contribution in [0.25, 0.3) is 0 Å². The molecule has 1 radical (unpaired) electrons. The summed E-state index contributed by atoms with van der Waals surface area (Å²) in [5.74, 6) is -0.293. The third-order valence-corrected chi connectivity index (χ3v) is 5.06. The van der Waals surface area contributed by atoms with Crippen LogP contribution < -0.4 is 5.32 Å². The molecule has 0 spiro atoms. The van der Waals surface area contributed by atoms with Gasteiger partial charge in [-0.2, -0.15) is 0 Å². The van der Waals surface area contributed by atoms with Crippen molar-refractivity contribution < 1.29 is 9.72 Å². The minimum absolute atomic E-state index is 0.0830. The number of nitro benzene ring substituents is 1. The first-order valence-electron chi connectivity index (χ1n) is 11.1. The molecule has 0 heterocycles. The molecule has 5 heteroatoms. The Kier molecular flexibility index (Phi) is 13.9. The fraction of sp³-hybridized carbons (Fsp3) is 0.696. The zero-order valence-electron chi connectivity index (χ0n) is 17.5. The van der Waals surface area contributed by atoms with E-state index >= 15 is 0 Å².